The molecule has 6 nitrogen and oxygen atoms in total. The number of nitrogens with zero attached hydrogens (tertiary/aromatic N) is 2. The number of carbonyl (C=O) groups excluding carboxylic acids is 2. The molecule has 0 aliphatic rings. The van der Waals surface area contributed by atoms with Gasteiger partial charge in [-0.3, -0.25) is 4.79 Å². The third kappa shape index (κ3) is 4.40. The van der Waals surface area contributed by atoms with Crippen molar-refractivity contribution in [3.63, 3.8) is 0 Å². The number of fused-ring (bicyclic) bond motifs is 1. The van der Waals surface area contributed by atoms with Gasteiger partial charge in [-0.25, -0.2) is 4.79 Å². The smallest absolute Gasteiger partial charge is 0.340 e. The molecule has 0 bridgehead atoms. The molecule has 0 fully saturated rings. The van der Waals surface area contributed by atoms with Gasteiger partial charge in [-0.2, -0.15) is 0 Å². The first-order chi connectivity index (χ1) is 13.5. The summed E-state index contributed by atoms with van der Waals surface area (Å²) < 4.78 is 6.64. The van der Waals surface area contributed by atoms with Crippen LogP contribution in [0.25, 0.3) is 10.9 Å². The Bertz CT molecular complexity index is 992. The molecule has 2 aromatic carbocycles. The minimum Gasteiger partial charge on any atom is -0.465 e. The quantitative estimate of drug-likeness (QED) is 0.641. The van der Waals surface area contributed by atoms with E-state index in [9.17, 15) is 9.59 Å². The Balaban J connectivity index is 1.74. The van der Waals surface area contributed by atoms with Crippen LogP contribution >= 0.6 is 0 Å². The highest BCUT2D eigenvalue weighted by Gasteiger charge is 2.16. The van der Waals surface area contributed by atoms with Gasteiger partial charge in [0, 0.05) is 30.2 Å². The number of hydrogen-bond donors (Lipinski definition) is 1. The van der Waals surface area contributed by atoms with Crippen LogP contribution in [-0.4, -0.2) is 42.5 Å². The molecule has 0 radical (unpaired) electrons. The fraction of sp³-hybridized carbons (Fsp3) is 0.273. The molecule has 6 heteroatoms. The molecular weight excluding hydrogens is 354 g/mol. The third-order valence-electron chi connectivity index (χ3n) is 4.59. The fourth-order valence-corrected chi connectivity index (χ4v) is 3.28. The SMILES string of the molecule is COC(=O)c1cn(CC(=O)NCc2ccccc2CN(C)C)c2ccccc12. The van der Waals surface area contributed by atoms with E-state index in [0.717, 1.165) is 23.0 Å². The Morgan fingerprint density at radius 3 is 2.43 bits per heavy atom. The molecule has 1 aromatic heterocycles. The van der Waals surface area contributed by atoms with Crippen molar-refractivity contribution in [1.29, 1.82) is 0 Å². The fourth-order valence-electron chi connectivity index (χ4n) is 3.28. The Hall–Kier alpha value is -3.12. The van der Waals surface area contributed by atoms with Crippen molar-refractivity contribution in [2.75, 3.05) is 21.2 Å². The second-order valence-electron chi connectivity index (χ2n) is 6.96. The van der Waals surface area contributed by atoms with Gasteiger partial charge in [0.15, 0.2) is 0 Å². The van der Waals surface area contributed by atoms with E-state index >= 15 is 0 Å². The molecule has 3 aromatic rings. The summed E-state index contributed by atoms with van der Waals surface area (Å²) in [4.78, 5) is 26.7. The molecule has 0 atom stereocenters. The lowest BCUT2D eigenvalue weighted by Gasteiger charge is -2.15. The van der Waals surface area contributed by atoms with E-state index in [1.807, 2.05) is 56.6 Å². The maximum atomic E-state index is 12.6. The number of methoxy groups -OCH3 is 1. The van der Waals surface area contributed by atoms with Crippen LogP contribution in [0.1, 0.15) is 21.5 Å². The summed E-state index contributed by atoms with van der Waals surface area (Å²) in [5.41, 5.74) is 3.57. The zero-order chi connectivity index (χ0) is 20.1. The van der Waals surface area contributed by atoms with E-state index < -0.39 is 5.97 Å². The average molecular weight is 379 g/mol. The Morgan fingerprint density at radius 2 is 1.71 bits per heavy atom. The van der Waals surface area contributed by atoms with Gasteiger partial charge in [0.2, 0.25) is 5.91 Å². The number of ether oxygens (including phenoxy) is 1. The Morgan fingerprint density at radius 1 is 1.04 bits per heavy atom. The Kier molecular flexibility index (Phi) is 6.11. The number of rotatable bonds is 7. The highest BCUT2D eigenvalue weighted by Crippen LogP contribution is 2.22. The summed E-state index contributed by atoms with van der Waals surface area (Å²) in [5, 5.41) is 3.76. The summed E-state index contributed by atoms with van der Waals surface area (Å²) in [6.45, 7) is 1.41. The summed E-state index contributed by atoms with van der Waals surface area (Å²) >= 11 is 0. The van der Waals surface area contributed by atoms with Crippen molar-refractivity contribution < 1.29 is 14.3 Å². The minimum atomic E-state index is -0.409. The molecule has 0 saturated carbocycles. The number of amides is 1. The molecule has 0 aliphatic carbocycles. The number of esters is 1. The van der Waals surface area contributed by atoms with Crippen molar-refractivity contribution in [2.24, 2.45) is 0 Å². The first kappa shape index (κ1) is 19.6. The van der Waals surface area contributed by atoms with Crippen LogP contribution in [0.15, 0.2) is 54.7 Å². The zero-order valence-electron chi connectivity index (χ0n) is 16.4. The highest BCUT2D eigenvalue weighted by molar-refractivity contribution is 6.04. The predicted octanol–water partition coefficient (Wildman–Crippen LogP) is 2.81. The lowest BCUT2D eigenvalue weighted by atomic mass is 10.1. The van der Waals surface area contributed by atoms with Crippen LogP contribution in [0.4, 0.5) is 0 Å². The van der Waals surface area contributed by atoms with Crippen molar-refractivity contribution in [2.45, 2.75) is 19.6 Å². The van der Waals surface area contributed by atoms with Crippen molar-refractivity contribution in [3.05, 3.63) is 71.4 Å². The van der Waals surface area contributed by atoms with Crippen LogP contribution in [0.2, 0.25) is 0 Å². The number of aromatic nitrogens is 1. The van der Waals surface area contributed by atoms with E-state index in [1.165, 1.54) is 12.7 Å². The number of hydrogen-bond acceptors (Lipinski definition) is 4. The molecular formula is C22H25N3O3. The summed E-state index contributed by atoms with van der Waals surface area (Å²) in [6.07, 6.45) is 1.68. The van der Waals surface area contributed by atoms with E-state index in [2.05, 4.69) is 16.3 Å². The molecule has 0 saturated heterocycles. The number of benzene rings is 2. The zero-order valence-corrected chi connectivity index (χ0v) is 16.4. The molecule has 1 amide bonds. The van der Waals surface area contributed by atoms with Crippen LogP contribution in [0.5, 0.6) is 0 Å². The third-order valence-corrected chi connectivity index (χ3v) is 4.59. The molecule has 28 heavy (non-hydrogen) atoms. The van der Waals surface area contributed by atoms with Gasteiger partial charge in [-0.05, 0) is 31.3 Å². The molecule has 146 valence electrons. The lowest BCUT2D eigenvalue weighted by molar-refractivity contribution is -0.121. The molecule has 3 rings (SSSR count). The minimum absolute atomic E-state index is 0.114. The second-order valence-corrected chi connectivity index (χ2v) is 6.96. The second kappa shape index (κ2) is 8.71. The molecule has 1 heterocycles. The van der Waals surface area contributed by atoms with E-state index in [1.54, 1.807) is 10.8 Å². The van der Waals surface area contributed by atoms with Gasteiger partial charge in [0.1, 0.15) is 6.54 Å². The lowest BCUT2D eigenvalue weighted by Crippen LogP contribution is -2.27. The normalized spacial score (nSPS) is 11.0. The maximum absolute atomic E-state index is 12.6. The van der Waals surface area contributed by atoms with Crippen molar-refractivity contribution >= 4 is 22.8 Å². The Labute approximate surface area is 164 Å². The topological polar surface area (TPSA) is 63.6 Å². The number of nitrogens with one attached hydrogen (secondary N) is 1. The summed E-state index contributed by atoms with van der Waals surface area (Å²) in [5.74, 6) is -0.523. The van der Waals surface area contributed by atoms with Gasteiger partial charge in [-0.15, -0.1) is 0 Å². The van der Waals surface area contributed by atoms with Crippen LogP contribution in [0.3, 0.4) is 0 Å². The van der Waals surface area contributed by atoms with E-state index in [-0.39, 0.29) is 12.5 Å². The number of carbonyl (C=O) groups is 2. The van der Waals surface area contributed by atoms with Gasteiger partial charge in [-0.1, -0.05) is 42.5 Å². The molecule has 0 aliphatic heterocycles. The van der Waals surface area contributed by atoms with Gasteiger partial charge < -0.3 is 19.5 Å². The summed E-state index contributed by atoms with van der Waals surface area (Å²) in [7, 11) is 5.39. The molecule has 0 unspecified atom stereocenters. The highest BCUT2D eigenvalue weighted by atomic mass is 16.5. The van der Waals surface area contributed by atoms with Gasteiger partial charge in [0.25, 0.3) is 0 Å². The van der Waals surface area contributed by atoms with Crippen molar-refractivity contribution in [3.8, 4) is 0 Å². The average Bonchev–Trinajstić information content (AvgIpc) is 3.05. The maximum Gasteiger partial charge on any atom is 0.340 e. The van der Waals surface area contributed by atoms with Crippen LogP contribution in [0, 0.1) is 0 Å². The van der Waals surface area contributed by atoms with Crippen molar-refractivity contribution in [1.82, 2.24) is 14.8 Å². The van der Waals surface area contributed by atoms with E-state index in [4.69, 9.17) is 4.74 Å². The number of para-hydroxylation sites is 1. The van der Waals surface area contributed by atoms with Gasteiger partial charge in [0.05, 0.1) is 12.7 Å². The summed E-state index contributed by atoms with van der Waals surface area (Å²) in [6, 6.07) is 15.6. The largest absolute Gasteiger partial charge is 0.465 e. The molecule has 1 N–H and O–H groups in total. The van der Waals surface area contributed by atoms with Crippen LogP contribution in [-0.2, 0) is 29.2 Å². The monoisotopic (exact) mass is 379 g/mol. The molecule has 0 spiro atoms. The predicted molar refractivity (Wildman–Crippen MR) is 109 cm³/mol. The van der Waals surface area contributed by atoms with Crippen LogP contribution < -0.4 is 5.32 Å². The van der Waals surface area contributed by atoms with E-state index in [0.29, 0.717) is 12.1 Å². The standard InChI is InChI=1S/C22H25N3O3/c1-24(2)13-17-9-5-4-8-16(17)12-23-21(26)15-25-14-19(22(27)28-3)18-10-6-7-11-20(18)25/h4-11,14H,12-13,15H2,1-3H3,(H,23,26). The first-order valence-electron chi connectivity index (χ1n) is 9.14. The van der Waals surface area contributed by atoms with Gasteiger partial charge >= 0.3 is 5.97 Å². The first-order valence-corrected chi connectivity index (χ1v) is 9.14.